The maximum Gasteiger partial charge on any atom is 0.263 e. The minimum Gasteiger partial charge on any atom is -0.313 e. The Kier molecular flexibility index (Phi) is 6.12. The average Bonchev–Trinajstić information content (AvgIpc) is 2.29. The molecule has 0 heterocycles. The SMILES string of the molecule is CC(C)CCCNCc1ccc(C(F)F)cc1. The molecule has 1 N–H and O–H groups in total. The molecule has 3 heteroatoms. The van der Waals surface area contributed by atoms with Gasteiger partial charge in [-0.2, -0.15) is 0 Å². The first kappa shape index (κ1) is 14.1. The molecular weight excluding hydrogens is 220 g/mol. The Hall–Kier alpha value is -0.960. The van der Waals surface area contributed by atoms with E-state index < -0.39 is 6.43 Å². The Morgan fingerprint density at radius 2 is 1.76 bits per heavy atom. The third kappa shape index (κ3) is 5.78. The second-order valence-corrected chi connectivity index (χ2v) is 4.76. The largest absolute Gasteiger partial charge is 0.313 e. The highest BCUT2D eigenvalue weighted by Gasteiger charge is 2.05. The second-order valence-electron chi connectivity index (χ2n) is 4.76. The highest BCUT2D eigenvalue weighted by molar-refractivity contribution is 5.23. The molecule has 0 saturated heterocycles. The summed E-state index contributed by atoms with van der Waals surface area (Å²) in [6, 6.07) is 6.51. The first-order chi connectivity index (χ1) is 8.09. The van der Waals surface area contributed by atoms with Crippen molar-refractivity contribution >= 4 is 0 Å². The van der Waals surface area contributed by atoms with Gasteiger partial charge in [-0.3, -0.25) is 0 Å². The quantitative estimate of drug-likeness (QED) is 0.707. The van der Waals surface area contributed by atoms with Gasteiger partial charge in [0.1, 0.15) is 0 Å². The van der Waals surface area contributed by atoms with E-state index in [0.29, 0.717) is 0 Å². The molecule has 0 aliphatic heterocycles. The summed E-state index contributed by atoms with van der Waals surface area (Å²) in [6.45, 7) is 6.16. The molecule has 1 nitrogen and oxygen atoms in total. The Morgan fingerprint density at radius 3 is 2.29 bits per heavy atom. The number of halogens is 2. The molecule has 0 aromatic heterocycles. The van der Waals surface area contributed by atoms with Crippen molar-refractivity contribution in [2.45, 2.75) is 39.7 Å². The van der Waals surface area contributed by atoms with Crippen LogP contribution < -0.4 is 5.32 Å². The number of rotatable bonds is 7. The number of benzene rings is 1. The van der Waals surface area contributed by atoms with E-state index in [0.717, 1.165) is 31.0 Å². The van der Waals surface area contributed by atoms with Crippen LogP contribution in [0.2, 0.25) is 0 Å². The summed E-state index contributed by atoms with van der Waals surface area (Å²) >= 11 is 0. The second kappa shape index (κ2) is 7.38. The molecule has 0 spiro atoms. The molecule has 0 amide bonds. The Balaban J connectivity index is 2.23. The van der Waals surface area contributed by atoms with Gasteiger partial charge in [0.2, 0.25) is 0 Å². The van der Waals surface area contributed by atoms with E-state index >= 15 is 0 Å². The third-order valence-corrected chi connectivity index (χ3v) is 2.70. The van der Waals surface area contributed by atoms with E-state index in [1.54, 1.807) is 12.1 Å². The topological polar surface area (TPSA) is 12.0 Å². The molecule has 1 rings (SSSR count). The zero-order valence-corrected chi connectivity index (χ0v) is 10.5. The standard InChI is InChI=1S/C14H21F2N/c1-11(2)4-3-9-17-10-12-5-7-13(8-6-12)14(15)16/h5-8,11,14,17H,3-4,9-10H2,1-2H3. The zero-order chi connectivity index (χ0) is 12.7. The van der Waals surface area contributed by atoms with Crippen molar-refractivity contribution < 1.29 is 8.78 Å². The van der Waals surface area contributed by atoms with Crippen LogP contribution in [0, 0.1) is 5.92 Å². The van der Waals surface area contributed by atoms with Crippen LogP contribution in [-0.2, 0) is 6.54 Å². The maximum absolute atomic E-state index is 12.3. The Bertz CT molecular complexity index is 307. The molecule has 17 heavy (non-hydrogen) atoms. The van der Waals surface area contributed by atoms with Crippen LogP contribution in [0.4, 0.5) is 8.78 Å². The van der Waals surface area contributed by atoms with Gasteiger partial charge in [-0.05, 0) is 30.9 Å². The first-order valence-corrected chi connectivity index (χ1v) is 6.17. The van der Waals surface area contributed by atoms with Crippen LogP contribution in [-0.4, -0.2) is 6.54 Å². The fourth-order valence-electron chi connectivity index (χ4n) is 1.65. The minimum atomic E-state index is -2.37. The third-order valence-electron chi connectivity index (χ3n) is 2.70. The molecule has 0 unspecified atom stereocenters. The van der Waals surface area contributed by atoms with Crippen molar-refractivity contribution in [3.05, 3.63) is 35.4 Å². The van der Waals surface area contributed by atoms with Gasteiger partial charge < -0.3 is 5.32 Å². The first-order valence-electron chi connectivity index (χ1n) is 6.17. The summed E-state index contributed by atoms with van der Waals surface area (Å²) in [7, 11) is 0. The van der Waals surface area contributed by atoms with Crippen molar-refractivity contribution in [2.24, 2.45) is 5.92 Å². The van der Waals surface area contributed by atoms with Crippen molar-refractivity contribution in [3.8, 4) is 0 Å². The van der Waals surface area contributed by atoms with E-state index in [9.17, 15) is 8.78 Å². The van der Waals surface area contributed by atoms with Crippen molar-refractivity contribution in [3.63, 3.8) is 0 Å². The van der Waals surface area contributed by atoms with Crippen molar-refractivity contribution in [1.82, 2.24) is 5.32 Å². The molecule has 0 aliphatic rings. The van der Waals surface area contributed by atoms with Gasteiger partial charge >= 0.3 is 0 Å². The number of alkyl halides is 2. The summed E-state index contributed by atoms with van der Waals surface area (Å²) in [4.78, 5) is 0. The summed E-state index contributed by atoms with van der Waals surface area (Å²) in [5.74, 6) is 0.738. The van der Waals surface area contributed by atoms with Gasteiger partial charge in [0, 0.05) is 12.1 Å². The summed E-state index contributed by atoms with van der Waals surface area (Å²) in [5.41, 5.74) is 1.15. The lowest BCUT2D eigenvalue weighted by atomic mass is 10.1. The van der Waals surface area contributed by atoms with Crippen molar-refractivity contribution in [1.29, 1.82) is 0 Å². The lowest BCUT2D eigenvalue weighted by molar-refractivity contribution is 0.151. The molecular formula is C14H21F2N. The van der Waals surface area contributed by atoms with E-state index in [4.69, 9.17) is 0 Å². The smallest absolute Gasteiger partial charge is 0.263 e. The van der Waals surface area contributed by atoms with E-state index in [-0.39, 0.29) is 5.56 Å². The molecule has 0 bridgehead atoms. The molecule has 96 valence electrons. The molecule has 0 radical (unpaired) electrons. The van der Waals surface area contributed by atoms with Gasteiger partial charge in [-0.1, -0.05) is 38.1 Å². The van der Waals surface area contributed by atoms with E-state index in [1.807, 2.05) is 0 Å². The van der Waals surface area contributed by atoms with Gasteiger partial charge in [0.15, 0.2) is 0 Å². The van der Waals surface area contributed by atoms with Crippen LogP contribution in [0.3, 0.4) is 0 Å². The fraction of sp³-hybridized carbons (Fsp3) is 0.571. The average molecular weight is 241 g/mol. The van der Waals surface area contributed by atoms with Crippen LogP contribution >= 0.6 is 0 Å². The lowest BCUT2D eigenvalue weighted by Gasteiger charge is -2.07. The summed E-state index contributed by atoms with van der Waals surface area (Å²) in [6.07, 6.45) is 0.00690. The number of hydrogen-bond donors (Lipinski definition) is 1. The Labute approximate surface area is 102 Å². The van der Waals surface area contributed by atoms with Gasteiger partial charge in [-0.15, -0.1) is 0 Å². The van der Waals surface area contributed by atoms with Gasteiger partial charge in [-0.25, -0.2) is 8.78 Å². The molecule has 1 aromatic rings. The Morgan fingerprint density at radius 1 is 1.12 bits per heavy atom. The number of nitrogens with one attached hydrogen (secondary N) is 1. The molecule has 0 saturated carbocycles. The summed E-state index contributed by atoms with van der Waals surface area (Å²) < 4.78 is 24.6. The highest BCUT2D eigenvalue weighted by Crippen LogP contribution is 2.18. The molecule has 1 aromatic carbocycles. The van der Waals surface area contributed by atoms with Gasteiger partial charge in [0.25, 0.3) is 6.43 Å². The van der Waals surface area contributed by atoms with Crippen molar-refractivity contribution in [2.75, 3.05) is 6.54 Å². The van der Waals surface area contributed by atoms with Crippen LogP contribution in [0.25, 0.3) is 0 Å². The predicted octanol–water partition coefficient (Wildman–Crippen LogP) is 4.15. The zero-order valence-electron chi connectivity index (χ0n) is 10.5. The fourth-order valence-corrected chi connectivity index (χ4v) is 1.65. The summed E-state index contributed by atoms with van der Waals surface area (Å²) in [5, 5.41) is 3.32. The van der Waals surface area contributed by atoms with E-state index in [1.165, 1.54) is 18.6 Å². The minimum absolute atomic E-state index is 0.0913. The highest BCUT2D eigenvalue weighted by atomic mass is 19.3. The predicted molar refractivity (Wildman–Crippen MR) is 67.2 cm³/mol. The van der Waals surface area contributed by atoms with Gasteiger partial charge in [0.05, 0.1) is 0 Å². The lowest BCUT2D eigenvalue weighted by Crippen LogP contribution is -2.15. The molecule has 0 aliphatic carbocycles. The van der Waals surface area contributed by atoms with Crippen LogP contribution in [0.5, 0.6) is 0 Å². The normalized spacial score (nSPS) is 11.4. The monoisotopic (exact) mass is 241 g/mol. The molecule has 0 fully saturated rings. The van der Waals surface area contributed by atoms with E-state index in [2.05, 4.69) is 19.2 Å². The number of hydrogen-bond acceptors (Lipinski definition) is 1. The molecule has 0 atom stereocenters. The van der Waals surface area contributed by atoms with Crippen LogP contribution in [0.15, 0.2) is 24.3 Å². The van der Waals surface area contributed by atoms with Crippen LogP contribution in [0.1, 0.15) is 44.2 Å². The maximum atomic E-state index is 12.3.